The number of nitrogens with zero attached hydrogens (tertiary/aromatic N) is 4. The number of hydrogen-bond donors (Lipinski definition) is 1. The molecule has 1 saturated heterocycles. The summed E-state index contributed by atoms with van der Waals surface area (Å²) in [7, 11) is 0. The summed E-state index contributed by atoms with van der Waals surface area (Å²) in [6, 6.07) is 13.5. The van der Waals surface area contributed by atoms with Crippen LogP contribution in [0.4, 0.5) is 11.5 Å². The summed E-state index contributed by atoms with van der Waals surface area (Å²) in [6.45, 7) is 7.60. The number of hydrogen-bond acceptors (Lipinski definition) is 4. The number of amides is 1. The normalized spacial score (nSPS) is 21.6. The van der Waals surface area contributed by atoms with Gasteiger partial charge in [0.05, 0.1) is 22.3 Å². The highest BCUT2D eigenvalue weighted by molar-refractivity contribution is 6.42. The largest absolute Gasteiger partial charge is 0.383 e. The van der Waals surface area contributed by atoms with Crippen LogP contribution < -0.4 is 5.32 Å². The lowest BCUT2D eigenvalue weighted by Crippen LogP contribution is -2.48. The molecule has 1 N–H and O–H groups in total. The Labute approximate surface area is 215 Å². The number of anilines is 1. The Morgan fingerprint density at radius 1 is 1.09 bits per heavy atom. The van der Waals surface area contributed by atoms with Gasteiger partial charge < -0.3 is 10.2 Å². The van der Waals surface area contributed by atoms with Crippen molar-refractivity contribution in [2.75, 3.05) is 18.4 Å². The lowest BCUT2D eigenvalue weighted by Gasteiger charge is -2.36. The first-order valence-electron chi connectivity index (χ1n) is 12.0. The Bertz CT molecular complexity index is 1280. The van der Waals surface area contributed by atoms with Crippen molar-refractivity contribution in [1.82, 2.24) is 14.7 Å². The van der Waals surface area contributed by atoms with E-state index in [1.807, 2.05) is 34.7 Å². The van der Waals surface area contributed by atoms with E-state index in [1.54, 1.807) is 12.3 Å². The average Bonchev–Trinajstić information content (AvgIpc) is 3.48. The number of nitrogens with one attached hydrogen (secondary N) is 1. The maximum absolute atomic E-state index is 14.2. The maximum atomic E-state index is 14.2. The summed E-state index contributed by atoms with van der Waals surface area (Å²) in [4.78, 5) is 20.9. The van der Waals surface area contributed by atoms with Crippen molar-refractivity contribution in [3.8, 4) is 0 Å². The Hall–Kier alpha value is -2.83. The van der Waals surface area contributed by atoms with Gasteiger partial charge in [-0.15, -0.1) is 0 Å². The fourth-order valence-electron chi connectivity index (χ4n) is 5.40. The van der Waals surface area contributed by atoms with Gasteiger partial charge in [-0.1, -0.05) is 47.5 Å². The molecule has 182 valence electrons. The quantitative estimate of drug-likeness (QED) is 0.443. The molecule has 2 aromatic carbocycles. The van der Waals surface area contributed by atoms with E-state index in [-0.39, 0.29) is 18.0 Å². The summed E-state index contributed by atoms with van der Waals surface area (Å²) in [5, 5.41) is 9.08. The zero-order valence-corrected chi connectivity index (χ0v) is 21.6. The predicted molar refractivity (Wildman–Crippen MR) is 142 cm³/mol. The van der Waals surface area contributed by atoms with Gasteiger partial charge in [0.15, 0.2) is 5.82 Å². The van der Waals surface area contributed by atoms with Gasteiger partial charge in [-0.05, 0) is 62.4 Å². The number of halogens is 2. The summed E-state index contributed by atoms with van der Waals surface area (Å²) < 4.78 is 1.83. The van der Waals surface area contributed by atoms with Crippen molar-refractivity contribution in [3.05, 3.63) is 75.4 Å². The molecule has 8 heteroatoms. The number of carbonyl (C=O) groups is 1. The summed E-state index contributed by atoms with van der Waals surface area (Å²) in [6.07, 6.45) is 3.67. The van der Waals surface area contributed by atoms with E-state index in [0.717, 1.165) is 42.2 Å². The van der Waals surface area contributed by atoms with Crippen LogP contribution in [-0.4, -0.2) is 45.4 Å². The minimum atomic E-state index is -0.472. The number of aryl methyl sites for hydroxylation is 2. The van der Waals surface area contributed by atoms with E-state index in [9.17, 15) is 4.79 Å². The second-order valence-electron chi connectivity index (χ2n) is 9.46. The molecular weight excluding hydrogens is 481 g/mol. The second-order valence-corrected chi connectivity index (χ2v) is 10.3. The maximum Gasteiger partial charge on any atom is 0.234 e. The van der Waals surface area contributed by atoms with Crippen molar-refractivity contribution in [1.29, 1.82) is 0 Å². The fraction of sp³-hybridized carbons (Fsp3) is 0.370. The van der Waals surface area contributed by atoms with Crippen LogP contribution in [0, 0.1) is 19.8 Å². The van der Waals surface area contributed by atoms with Crippen LogP contribution in [0.3, 0.4) is 0 Å². The van der Waals surface area contributed by atoms with E-state index in [4.69, 9.17) is 28.2 Å². The Morgan fingerprint density at radius 3 is 2.60 bits per heavy atom. The van der Waals surface area contributed by atoms with Gasteiger partial charge in [-0.25, -0.2) is 9.67 Å². The molecule has 0 aliphatic carbocycles. The number of aliphatic imine (C=N–C) groups is 1. The van der Waals surface area contributed by atoms with Gasteiger partial charge in [-0.3, -0.25) is 4.79 Å². The summed E-state index contributed by atoms with van der Waals surface area (Å²) in [5.41, 5.74) is 5.25. The van der Waals surface area contributed by atoms with Crippen molar-refractivity contribution >= 4 is 46.3 Å². The van der Waals surface area contributed by atoms with Gasteiger partial charge in [0.2, 0.25) is 5.91 Å². The molecule has 2 aliphatic rings. The van der Waals surface area contributed by atoms with Crippen LogP contribution in [0.5, 0.6) is 0 Å². The SMILES string of the molecule is CC1=Nc2ccnn2C(c2ccc(Cl)c(Cl)c2)C1C(=O)N1CCC[C@H]1CNc1c(C)cccc1C. The van der Waals surface area contributed by atoms with E-state index >= 15 is 0 Å². The standard InChI is InChI=1S/C27H29Cl2N5O/c1-16-6-4-7-17(2)25(16)30-15-20-8-5-13-33(20)27(35)24-18(3)32-23-11-12-31-34(23)26(24)19-9-10-21(28)22(29)14-19/h4,6-7,9-12,14,20,24,26,30H,5,8,13,15H2,1-3H3/t20-,24?,26?/m0/s1. The van der Waals surface area contributed by atoms with Crippen LogP contribution in [0.1, 0.15) is 42.5 Å². The molecule has 1 amide bonds. The Kier molecular flexibility index (Phi) is 6.60. The molecule has 5 rings (SSSR count). The highest BCUT2D eigenvalue weighted by atomic mass is 35.5. The molecule has 0 radical (unpaired) electrons. The molecule has 6 nitrogen and oxygen atoms in total. The van der Waals surface area contributed by atoms with Crippen molar-refractivity contribution < 1.29 is 4.79 Å². The summed E-state index contributed by atoms with van der Waals surface area (Å²) >= 11 is 12.6. The number of likely N-dealkylation sites (tertiary alicyclic amines) is 1. The molecule has 0 saturated carbocycles. The molecule has 2 aliphatic heterocycles. The van der Waals surface area contributed by atoms with Crippen molar-refractivity contribution in [2.45, 2.75) is 45.7 Å². The van der Waals surface area contributed by atoms with E-state index in [2.05, 4.69) is 42.5 Å². The minimum absolute atomic E-state index is 0.0780. The number of rotatable bonds is 5. The number of carbonyl (C=O) groups excluding carboxylic acids is 1. The molecule has 1 aromatic heterocycles. The van der Waals surface area contributed by atoms with Gasteiger partial charge in [0, 0.05) is 36.6 Å². The van der Waals surface area contributed by atoms with Crippen LogP contribution in [0.25, 0.3) is 0 Å². The molecule has 3 heterocycles. The van der Waals surface area contributed by atoms with Gasteiger partial charge >= 0.3 is 0 Å². The lowest BCUT2D eigenvalue weighted by atomic mass is 9.87. The van der Waals surface area contributed by atoms with Crippen LogP contribution in [0.2, 0.25) is 10.0 Å². The first kappa shape index (κ1) is 23.9. The first-order valence-corrected chi connectivity index (χ1v) is 12.7. The van der Waals surface area contributed by atoms with E-state index in [1.165, 1.54) is 11.1 Å². The molecular formula is C27H29Cl2N5O. The van der Waals surface area contributed by atoms with E-state index < -0.39 is 5.92 Å². The van der Waals surface area contributed by atoms with Gasteiger partial charge in [-0.2, -0.15) is 5.10 Å². The van der Waals surface area contributed by atoms with Gasteiger partial charge in [0.25, 0.3) is 0 Å². The number of para-hydroxylation sites is 1. The third-order valence-corrected chi connectivity index (χ3v) is 7.92. The zero-order chi connectivity index (χ0) is 24.7. The lowest BCUT2D eigenvalue weighted by molar-refractivity contribution is -0.135. The minimum Gasteiger partial charge on any atom is -0.383 e. The molecule has 35 heavy (non-hydrogen) atoms. The Balaban J connectivity index is 1.44. The smallest absolute Gasteiger partial charge is 0.234 e. The van der Waals surface area contributed by atoms with E-state index in [0.29, 0.717) is 16.6 Å². The third kappa shape index (κ3) is 4.45. The van der Waals surface area contributed by atoms with Gasteiger partial charge in [0.1, 0.15) is 5.92 Å². The predicted octanol–water partition coefficient (Wildman–Crippen LogP) is 6.22. The number of aromatic nitrogens is 2. The fourth-order valence-corrected chi connectivity index (χ4v) is 5.71. The molecule has 3 aromatic rings. The van der Waals surface area contributed by atoms with Crippen LogP contribution in [-0.2, 0) is 4.79 Å². The summed E-state index contributed by atoms with van der Waals surface area (Å²) in [5.74, 6) is 0.340. The highest BCUT2D eigenvalue weighted by Crippen LogP contribution is 2.39. The third-order valence-electron chi connectivity index (χ3n) is 7.18. The monoisotopic (exact) mass is 509 g/mol. The molecule has 0 bridgehead atoms. The molecule has 3 atom stereocenters. The van der Waals surface area contributed by atoms with Crippen molar-refractivity contribution in [3.63, 3.8) is 0 Å². The molecule has 2 unspecified atom stereocenters. The van der Waals surface area contributed by atoms with Crippen molar-refractivity contribution in [2.24, 2.45) is 10.9 Å². The molecule has 0 spiro atoms. The van der Waals surface area contributed by atoms with Crippen LogP contribution >= 0.6 is 23.2 Å². The second kappa shape index (κ2) is 9.67. The van der Waals surface area contributed by atoms with Crippen LogP contribution in [0.15, 0.2) is 53.7 Å². The Morgan fingerprint density at radius 2 is 1.86 bits per heavy atom. The average molecular weight is 510 g/mol. The zero-order valence-electron chi connectivity index (χ0n) is 20.1. The number of fused-ring (bicyclic) bond motifs is 1. The first-order chi connectivity index (χ1) is 16.8. The molecule has 1 fully saturated rings. The number of benzene rings is 2. The topological polar surface area (TPSA) is 62.5 Å². The highest BCUT2D eigenvalue weighted by Gasteiger charge is 2.42.